The van der Waals surface area contributed by atoms with E-state index in [1.54, 1.807) is 18.2 Å². The Hall–Kier alpha value is -3.08. The van der Waals surface area contributed by atoms with Crippen LogP contribution < -0.4 is 0 Å². The number of carboxylic acid groups (broad SMARTS) is 1. The summed E-state index contributed by atoms with van der Waals surface area (Å²) in [5.41, 5.74) is 5.50. The van der Waals surface area contributed by atoms with Crippen molar-refractivity contribution in [3.8, 4) is 0 Å². The summed E-state index contributed by atoms with van der Waals surface area (Å²) in [6, 6.07) is 13.0. The first-order chi connectivity index (χ1) is 12.5. The van der Waals surface area contributed by atoms with Gasteiger partial charge in [0.2, 0.25) is 5.91 Å². The number of carbonyl (C=O) groups excluding carboxylic acids is 1. The van der Waals surface area contributed by atoms with Gasteiger partial charge in [0.05, 0.1) is 12.0 Å². The van der Waals surface area contributed by atoms with Gasteiger partial charge in [0.1, 0.15) is 0 Å². The molecule has 1 aromatic heterocycles. The summed E-state index contributed by atoms with van der Waals surface area (Å²) in [6.45, 7) is 3.21. The molecule has 0 bridgehead atoms. The van der Waals surface area contributed by atoms with Crippen molar-refractivity contribution in [3.63, 3.8) is 0 Å². The van der Waals surface area contributed by atoms with Crippen LogP contribution in [0.5, 0.6) is 0 Å². The van der Waals surface area contributed by atoms with Crippen LogP contribution in [0.15, 0.2) is 42.5 Å². The molecule has 1 aliphatic rings. The second-order valence-electron chi connectivity index (χ2n) is 6.82. The molecule has 0 atom stereocenters. The Labute approximate surface area is 151 Å². The molecule has 1 aliphatic heterocycles. The summed E-state index contributed by atoms with van der Waals surface area (Å²) < 4.78 is 0. The number of carboxylic acids is 1. The molecule has 5 heteroatoms. The van der Waals surface area contributed by atoms with E-state index in [9.17, 15) is 14.7 Å². The number of H-pyrrole nitrogens is 1. The summed E-state index contributed by atoms with van der Waals surface area (Å²) >= 11 is 0. The molecular weight excluding hydrogens is 328 g/mol. The van der Waals surface area contributed by atoms with E-state index in [2.05, 4.69) is 4.98 Å². The number of carbonyl (C=O) groups is 2. The normalized spacial score (nSPS) is 13.7. The highest BCUT2D eigenvalue weighted by atomic mass is 16.4. The Kier molecular flexibility index (Phi) is 3.99. The minimum atomic E-state index is -0.940. The predicted molar refractivity (Wildman–Crippen MR) is 99.3 cm³/mol. The van der Waals surface area contributed by atoms with E-state index in [1.165, 1.54) is 0 Å². The van der Waals surface area contributed by atoms with Crippen LogP contribution in [0.2, 0.25) is 0 Å². The van der Waals surface area contributed by atoms with Crippen LogP contribution in [0.4, 0.5) is 0 Å². The molecule has 0 spiro atoms. The third kappa shape index (κ3) is 2.86. The average Bonchev–Trinajstić information content (AvgIpc) is 3.00. The summed E-state index contributed by atoms with van der Waals surface area (Å²) in [7, 11) is 0. The summed E-state index contributed by atoms with van der Waals surface area (Å²) in [5, 5.41) is 10.1. The zero-order valence-corrected chi connectivity index (χ0v) is 14.6. The van der Waals surface area contributed by atoms with Crippen molar-refractivity contribution in [3.05, 3.63) is 70.4 Å². The number of nitrogens with one attached hydrogen (secondary N) is 1. The van der Waals surface area contributed by atoms with Crippen molar-refractivity contribution in [1.82, 2.24) is 9.88 Å². The standard InChI is InChI=1S/C21H20N2O3/c1-13-4-2-3-5-14(13)11-20(24)23-9-8-19-17(12-23)16-10-15(21(25)26)6-7-18(16)22-19/h2-7,10,22H,8-9,11-12H2,1H3,(H,25,26). The maximum atomic E-state index is 12.8. The topological polar surface area (TPSA) is 73.4 Å². The van der Waals surface area contributed by atoms with Crippen molar-refractivity contribution < 1.29 is 14.7 Å². The SMILES string of the molecule is Cc1ccccc1CC(=O)N1CCc2[nH]c3ccc(C(=O)O)cc3c2C1. The molecule has 132 valence electrons. The van der Waals surface area contributed by atoms with E-state index in [0.29, 0.717) is 19.5 Å². The average molecular weight is 348 g/mol. The van der Waals surface area contributed by atoms with Gasteiger partial charge in [-0.2, -0.15) is 0 Å². The van der Waals surface area contributed by atoms with Crippen molar-refractivity contribution in [2.75, 3.05) is 6.54 Å². The van der Waals surface area contributed by atoms with Crippen molar-refractivity contribution >= 4 is 22.8 Å². The van der Waals surface area contributed by atoms with Gasteiger partial charge in [-0.05, 0) is 36.2 Å². The zero-order valence-electron chi connectivity index (χ0n) is 14.6. The number of hydrogen-bond acceptors (Lipinski definition) is 2. The van der Waals surface area contributed by atoms with Gasteiger partial charge in [-0.1, -0.05) is 24.3 Å². The second-order valence-corrected chi connectivity index (χ2v) is 6.82. The Balaban J connectivity index is 1.61. The fourth-order valence-corrected chi connectivity index (χ4v) is 3.64. The minimum Gasteiger partial charge on any atom is -0.478 e. The number of amides is 1. The maximum absolute atomic E-state index is 12.8. The van der Waals surface area contributed by atoms with Crippen molar-refractivity contribution in [2.45, 2.75) is 26.3 Å². The summed E-state index contributed by atoms with van der Waals surface area (Å²) in [5.74, 6) is -0.834. The molecule has 0 unspecified atom stereocenters. The van der Waals surface area contributed by atoms with Crippen molar-refractivity contribution in [2.24, 2.45) is 0 Å². The van der Waals surface area contributed by atoms with Gasteiger partial charge in [-0.25, -0.2) is 4.79 Å². The number of aromatic amines is 1. The van der Waals surface area contributed by atoms with E-state index in [0.717, 1.165) is 39.7 Å². The maximum Gasteiger partial charge on any atom is 0.335 e. The van der Waals surface area contributed by atoms with Crippen LogP contribution in [0.1, 0.15) is 32.7 Å². The molecule has 26 heavy (non-hydrogen) atoms. The number of fused-ring (bicyclic) bond motifs is 3. The summed E-state index contributed by atoms with van der Waals surface area (Å²) in [4.78, 5) is 29.3. The van der Waals surface area contributed by atoms with Gasteiger partial charge in [-0.3, -0.25) is 4.79 Å². The smallest absolute Gasteiger partial charge is 0.335 e. The van der Waals surface area contributed by atoms with Gasteiger partial charge in [-0.15, -0.1) is 0 Å². The number of aryl methyl sites for hydroxylation is 1. The number of hydrogen-bond donors (Lipinski definition) is 2. The molecule has 2 aromatic carbocycles. The molecule has 0 aliphatic carbocycles. The van der Waals surface area contributed by atoms with Gasteiger partial charge in [0.25, 0.3) is 0 Å². The van der Waals surface area contributed by atoms with E-state index >= 15 is 0 Å². The third-order valence-corrected chi connectivity index (χ3v) is 5.18. The number of rotatable bonds is 3. The van der Waals surface area contributed by atoms with Crippen LogP contribution >= 0.6 is 0 Å². The molecule has 5 nitrogen and oxygen atoms in total. The Morgan fingerprint density at radius 1 is 1.19 bits per heavy atom. The molecule has 3 aromatic rings. The summed E-state index contributed by atoms with van der Waals surface area (Å²) in [6.07, 6.45) is 1.15. The monoisotopic (exact) mass is 348 g/mol. The predicted octanol–water partition coefficient (Wildman–Crippen LogP) is 3.30. The first kappa shape index (κ1) is 16.4. The molecule has 0 radical (unpaired) electrons. The Morgan fingerprint density at radius 3 is 2.77 bits per heavy atom. The lowest BCUT2D eigenvalue weighted by atomic mass is 10.0. The Morgan fingerprint density at radius 2 is 2.00 bits per heavy atom. The van der Waals surface area contributed by atoms with E-state index < -0.39 is 5.97 Å². The first-order valence-electron chi connectivity index (χ1n) is 8.72. The van der Waals surface area contributed by atoms with Crippen LogP contribution in [0.25, 0.3) is 10.9 Å². The number of nitrogens with zero attached hydrogens (tertiary/aromatic N) is 1. The third-order valence-electron chi connectivity index (χ3n) is 5.18. The zero-order chi connectivity index (χ0) is 18.3. The lowest BCUT2D eigenvalue weighted by Crippen LogP contribution is -2.36. The van der Waals surface area contributed by atoms with Gasteiger partial charge >= 0.3 is 5.97 Å². The number of aromatic carboxylic acids is 1. The second kappa shape index (κ2) is 6.33. The van der Waals surface area contributed by atoms with Crippen LogP contribution in [0, 0.1) is 6.92 Å². The number of benzene rings is 2. The van der Waals surface area contributed by atoms with Crippen molar-refractivity contribution in [1.29, 1.82) is 0 Å². The quantitative estimate of drug-likeness (QED) is 0.763. The lowest BCUT2D eigenvalue weighted by Gasteiger charge is -2.27. The highest BCUT2D eigenvalue weighted by Gasteiger charge is 2.24. The fraction of sp³-hybridized carbons (Fsp3) is 0.238. The number of aromatic nitrogens is 1. The van der Waals surface area contributed by atoms with Gasteiger partial charge in [0.15, 0.2) is 0 Å². The lowest BCUT2D eigenvalue weighted by molar-refractivity contribution is -0.131. The molecular formula is C21H20N2O3. The fourth-order valence-electron chi connectivity index (χ4n) is 3.64. The largest absolute Gasteiger partial charge is 0.478 e. The minimum absolute atomic E-state index is 0.105. The van der Waals surface area contributed by atoms with E-state index in [1.807, 2.05) is 36.1 Å². The van der Waals surface area contributed by atoms with Crippen LogP contribution in [-0.2, 0) is 24.2 Å². The molecule has 0 saturated carbocycles. The Bertz CT molecular complexity index is 1020. The highest BCUT2D eigenvalue weighted by molar-refractivity contribution is 5.95. The molecule has 0 saturated heterocycles. The van der Waals surface area contributed by atoms with E-state index in [4.69, 9.17) is 0 Å². The molecule has 0 fully saturated rings. The van der Waals surface area contributed by atoms with Gasteiger partial charge in [0, 0.05) is 41.7 Å². The van der Waals surface area contributed by atoms with E-state index in [-0.39, 0.29) is 11.5 Å². The molecule has 4 rings (SSSR count). The molecule has 2 N–H and O–H groups in total. The first-order valence-corrected chi connectivity index (χ1v) is 8.72. The molecule has 1 amide bonds. The highest BCUT2D eigenvalue weighted by Crippen LogP contribution is 2.29. The van der Waals surface area contributed by atoms with Crippen LogP contribution in [0.3, 0.4) is 0 Å². The van der Waals surface area contributed by atoms with Crippen LogP contribution in [-0.4, -0.2) is 33.4 Å². The van der Waals surface area contributed by atoms with Gasteiger partial charge < -0.3 is 15.0 Å². The molecule has 2 heterocycles.